The second-order valence-electron chi connectivity index (χ2n) is 11.3. The number of para-hydroxylation sites is 2. The van der Waals surface area contributed by atoms with Gasteiger partial charge in [0, 0.05) is 77.8 Å². The van der Waals surface area contributed by atoms with Crippen molar-refractivity contribution in [3.05, 3.63) is 152 Å². The van der Waals surface area contributed by atoms with Crippen molar-refractivity contribution in [2.75, 3.05) is 9.80 Å². The van der Waals surface area contributed by atoms with Crippen molar-refractivity contribution in [3.8, 4) is 5.69 Å². The van der Waals surface area contributed by atoms with E-state index >= 15 is 0 Å². The Morgan fingerprint density at radius 1 is 0.500 bits per heavy atom. The molecule has 7 nitrogen and oxygen atoms in total. The summed E-state index contributed by atoms with van der Waals surface area (Å²) in [6.07, 6.45) is 3.90. The molecule has 0 saturated heterocycles. The number of benzene rings is 5. The zero-order valence-corrected chi connectivity index (χ0v) is 25.4. The van der Waals surface area contributed by atoms with Crippen LogP contribution in [0.15, 0.2) is 146 Å². The standard InChI is InChI=1S/C38H30FN7/c1-42-23-21-37(40-42)44(28-9-5-3-6-10-28)31-17-19-35-33(25-31)34-26-32(18-20-36(34)46(35)30-15-13-27(39)14-16-30)45(29-11-7-4-8-12-29)38-22-24-43(2)41-38/h3-26H,1-2H3. The van der Waals surface area contributed by atoms with Gasteiger partial charge in [-0.1, -0.05) is 36.4 Å². The molecule has 0 unspecified atom stereocenters. The molecule has 0 fully saturated rings. The van der Waals surface area contributed by atoms with Crippen molar-refractivity contribution in [3.63, 3.8) is 0 Å². The molecule has 8 rings (SSSR count). The Labute approximate surface area is 265 Å². The van der Waals surface area contributed by atoms with E-state index in [9.17, 15) is 4.39 Å². The summed E-state index contributed by atoms with van der Waals surface area (Å²) >= 11 is 0. The molecule has 3 heterocycles. The van der Waals surface area contributed by atoms with Gasteiger partial charge >= 0.3 is 0 Å². The summed E-state index contributed by atoms with van der Waals surface area (Å²) in [6, 6.07) is 44.2. The number of aromatic nitrogens is 5. The third-order valence-corrected chi connectivity index (χ3v) is 8.22. The lowest BCUT2D eigenvalue weighted by atomic mass is 10.1. The maximum Gasteiger partial charge on any atom is 0.159 e. The summed E-state index contributed by atoms with van der Waals surface area (Å²) in [5.41, 5.74) is 6.89. The smallest absolute Gasteiger partial charge is 0.159 e. The zero-order valence-electron chi connectivity index (χ0n) is 25.4. The normalized spacial score (nSPS) is 11.4. The highest BCUT2D eigenvalue weighted by atomic mass is 19.1. The van der Waals surface area contributed by atoms with Gasteiger partial charge in [0.15, 0.2) is 11.6 Å². The minimum atomic E-state index is -0.267. The fraction of sp³-hybridized carbons (Fsp3) is 0.0526. The first-order chi connectivity index (χ1) is 22.5. The van der Waals surface area contributed by atoms with Crippen molar-refractivity contribution < 1.29 is 4.39 Å². The number of rotatable bonds is 7. The molecule has 0 aliphatic heterocycles. The predicted molar refractivity (Wildman–Crippen MR) is 184 cm³/mol. The minimum absolute atomic E-state index is 0.267. The summed E-state index contributed by atoms with van der Waals surface area (Å²) in [5, 5.41) is 11.6. The molecule has 0 aliphatic carbocycles. The van der Waals surface area contributed by atoms with Crippen LogP contribution in [0.5, 0.6) is 0 Å². The topological polar surface area (TPSA) is 47.0 Å². The van der Waals surface area contributed by atoms with Gasteiger partial charge in [0.25, 0.3) is 0 Å². The summed E-state index contributed by atoms with van der Waals surface area (Å²) in [4.78, 5) is 4.32. The molecule has 0 bridgehead atoms. The van der Waals surface area contributed by atoms with Gasteiger partial charge in [0.2, 0.25) is 0 Å². The number of nitrogens with zero attached hydrogens (tertiary/aromatic N) is 7. The Morgan fingerprint density at radius 3 is 1.37 bits per heavy atom. The number of hydrogen-bond donors (Lipinski definition) is 0. The van der Waals surface area contributed by atoms with Crippen LogP contribution in [0.3, 0.4) is 0 Å². The van der Waals surface area contributed by atoms with Gasteiger partial charge in [-0.2, -0.15) is 10.2 Å². The lowest BCUT2D eigenvalue weighted by Crippen LogP contribution is -2.11. The Hall–Kier alpha value is -6.15. The molecular formula is C38H30FN7. The second-order valence-corrected chi connectivity index (χ2v) is 11.3. The molecule has 0 amide bonds. The maximum atomic E-state index is 14.1. The van der Waals surface area contributed by atoms with E-state index in [-0.39, 0.29) is 5.82 Å². The monoisotopic (exact) mass is 603 g/mol. The first-order valence-electron chi connectivity index (χ1n) is 15.1. The van der Waals surface area contributed by atoms with E-state index in [2.05, 4.69) is 75.0 Å². The van der Waals surface area contributed by atoms with Gasteiger partial charge in [0.05, 0.1) is 11.0 Å². The fourth-order valence-corrected chi connectivity index (χ4v) is 6.17. The molecule has 0 aliphatic rings. The molecule has 8 aromatic rings. The third-order valence-electron chi connectivity index (χ3n) is 8.22. The molecule has 0 atom stereocenters. The minimum Gasteiger partial charge on any atom is -0.309 e. The zero-order chi connectivity index (χ0) is 31.2. The van der Waals surface area contributed by atoms with Gasteiger partial charge in [0.1, 0.15) is 5.82 Å². The van der Waals surface area contributed by atoms with Crippen molar-refractivity contribution in [1.29, 1.82) is 0 Å². The number of fused-ring (bicyclic) bond motifs is 3. The van der Waals surface area contributed by atoms with Crippen molar-refractivity contribution in [2.24, 2.45) is 14.1 Å². The number of aryl methyl sites for hydroxylation is 2. The van der Waals surface area contributed by atoms with Crippen LogP contribution in [0.4, 0.5) is 38.8 Å². The largest absolute Gasteiger partial charge is 0.309 e. The van der Waals surface area contributed by atoms with Crippen molar-refractivity contribution in [2.45, 2.75) is 0 Å². The van der Waals surface area contributed by atoms with Gasteiger partial charge in [-0.25, -0.2) is 4.39 Å². The van der Waals surface area contributed by atoms with E-state index in [0.717, 1.165) is 61.9 Å². The summed E-state index contributed by atoms with van der Waals surface area (Å²) in [7, 11) is 3.85. The van der Waals surface area contributed by atoms with Gasteiger partial charge in [-0.05, 0) is 84.9 Å². The number of hydrogen-bond acceptors (Lipinski definition) is 4. The lowest BCUT2D eigenvalue weighted by molar-refractivity contribution is 0.627. The highest BCUT2D eigenvalue weighted by Crippen LogP contribution is 2.42. The van der Waals surface area contributed by atoms with Crippen LogP contribution in [0, 0.1) is 5.82 Å². The van der Waals surface area contributed by atoms with Crippen LogP contribution < -0.4 is 9.80 Å². The Bertz CT molecular complexity index is 2160. The average Bonchev–Trinajstić information content (AvgIpc) is 3.80. The highest BCUT2D eigenvalue weighted by molar-refractivity contribution is 6.12. The molecule has 3 aromatic heterocycles. The Morgan fingerprint density at radius 2 is 0.957 bits per heavy atom. The van der Waals surface area contributed by atoms with Crippen LogP contribution >= 0.6 is 0 Å². The number of anilines is 6. The first kappa shape index (κ1) is 27.4. The van der Waals surface area contributed by atoms with E-state index in [0.29, 0.717) is 0 Å². The van der Waals surface area contributed by atoms with E-state index in [4.69, 9.17) is 10.2 Å². The Kier molecular flexibility index (Phi) is 6.61. The van der Waals surface area contributed by atoms with Crippen LogP contribution in [-0.2, 0) is 14.1 Å². The van der Waals surface area contributed by atoms with E-state index < -0.39 is 0 Å². The van der Waals surface area contributed by atoms with E-state index in [1.165, 1.54) is 12.1 Å². The van der Waals surface area contributed by atoms with Crippen LogP contribution in [0.25, 0.3) is 27.5 Å². The summed E-state index contributed by atoms with van der Waals surface area (Å²) in [6.45, 7) is 0. The molecule has 0 N–H and O–H groups in total. The van der Waals surface area contributed by atoms with Crippen LogP contribution in [0.1, 0.15) is 0 Å². The first-order valence-corrected chi connectivity index (χ1v) is 15.1. The summed E-state index contributed by atoms with van der Waals surface area (Å²) in [5.74, 6) is 1.37. The molecule has 0 saturated carbocycles. The van der Waals surface area contributed by atoms with Gasteiger partial charge in [-0.15, -0.1) is 0 Å². The molecule has 5 aromatic carbocycles. The quantitative estimate of drug-likeness (QED) is 0.182. The Balaban J connectivity index is 1.39. The molecule has 8 heteroatoms. The highest BCUT2D eigenvalue weighted by Gasteiger charge is 2.21. The molecular weight excluding hydrogens is 573 g/mol. The summed E-state index contributed by atoms with van der Waals surface area (Å²) < 4.78 is 19.9. The lowest BCUT2D eigenvalue weighted by Gasteiger charge is -2.23. The van der Waals surface area contributed by atoms with Crippen molar-refractivity contribution in [1.82, 2.24) is 24.1 Å². The van der Waals surface area contributed by atoms with Crippen molar-refractivity contribution >= 4 is 56.2 Å². The molecule has 224 valence electrons. The molecule has 46 heavy (non-hydrogen) atoms. The van der Waals surface area contributed by atoms with Gasteiger partial charge in [-0.3, -0.25) is 19.2 Å². The second kappa shape index (κ2) is 11.1. The van der Waals surface area contributed by atoms with E-state index in [1.807, 2.05) is 96.5 Å². The average molecular weight is 604 g/mol. The molecule has 0 radical (unpaired) electrons. The van der Waals surface area contributed by atoms with Crippen LogP contribution in [-0.4, -0.2) is 24.1 Å². The SMILES string of the molecule is Cn1ccc(N(c2ccccc2)c2ccc3c(c2)c2cc(N(c4ccccc4)c4ccn(C)n4)ccc2n3-c2ccc(F)cc2)n1. The third kappa shape index (κ3) is 4.77. The number of halogens is 1. The van der Waals surface area contributed by atoms with E-state index in [1.54, 1.807) is 0 Å². The van der Waals surface area contributed by atoms with Crippen LogP contribution in [0.2, 0.25) is 0 Å². The van der Waals surface area contributed by atoms with Gasteiger partial charge < -0.3 is 4.57 Å². The fourth-order valence-electron chi connectivity index (χ4n) is 6.17. The molecule has 0 spiro atoms. The maximum absolute atomic E-state index is 14.1. The predicted octanol–water partition coefficient (Wildman–Crippen LogP) is 9.33.